The van der Waals surface area contributed by atoms with Gasteiger partial charge in [-0.15, -0.1) is 0 Å². The molecule has 0 unspecified atom stereocenters. The van der Waals surface area contributed by atoms with Crippen molar-refractivity contribution < 1.29 is 14.3 Å². The third kappa shape index (κ3) is 3.95. The van der Waals surface area contributed by atoms with Gasteiger partial charge in [-0.2, -0.15) is 0 Å². The predicted molar refractivity (Wildman–Crippen MR) is 96.1 cm³/mol. The number of rotatable bonds is 6. The maximum Gasteiger partial charge on any atom is 0.307 e. The van der Waals surface area contributed by atoms with Crippen molar-refractivity contribution in [2.45, 2.75) is 33.2 Å². The molecule has 1 atom stereocenters. The number of carbonyl (C=O) groups is 1. The highest BCUT2D eigenvalue weighted by Gasteiger charge is 2.17. The second kappa shape index (κ2) is 7.97. The first-order chi connectivity index (χ1) is 11.5. The normalized spacial score (nSPS) is 11.9. The van der Waals surface area contributed by atoms with Gasteiger partial charge in [0.25, 0.3) is 0 Å². The van der Waals surface area contributed by atoms with E-state index in [1.807, 2.05) is 24.3 Å². The molecule has 2 rings (SSSR count). The summed E-state index contributed by atoms with van der Waals surface area (Å²) in [6.07, 6.45) is 0.159. The van der Waals surface area contributed by atoms with Gasteiger partial charge in [0.2, 0.25) is 0 Å². The van der Waals surface area contributed by atoms with Gasteiger partial charge in [-0.25, -0.2) is 0 Å². The van der Waals surface area contributed by atoms with Crippen LogP contribution in [0.3, 0.4) is 0 Å². The van der Waals surface area contributed by atoms with Crippen LogP contribution in [0.1, 0.15) is 36.1 Å². The van der Waals surface area contributed by atoms with E-state index in [1.165, 1.54) is 11.1 Å². The molecule has 4 heteroatoms. The van der Waals surface area contributed by atoms with E-state index in [-0.39, 0.29) is 12.4 Å². The van der Waals surface area contributed by atoms with Crippen molar-refractivity contribution in [3.63, 3.8) is 0 Å². The fourth-order valence-electron chi connectivity index (χ4n) is 2.91. The molecule has 0 fully saturated rings. The molecule has 0 radical (unpaired) electrons. The lowest BCUT2D eigenvalue weighted by atomic mass is 9.92. The number of hydrogen-bond acceptors (Lipinski definition) is 4. The monoisotopic (exact) mass is 327 g/mol. The van der Waals surface area contributed by atoms with Crippen molar-refractivity contribution in [3.8, 4) is 16.9 Å². The summed E-state index contributed by atoms with van der Waals surface area (Å²) in [5, 5.41) is 0. The molecule has 0 aliphatic heterocycles. The van der Waals surface area contributed by atoms with Crippen LogP contribution in [0, 0.1) is 13.8 Å². The summed E-state index contributed by atoms with van der Waals surface area (Å²) < 4.78 is 10.5. The van der Waals surface area contributed by atoms with E-state index in [4.69, 9.17) is 15.2 Å². The van der Waals surface area contributed by atoms with Crippen LogP contribution in [-0.4, -0.2) is 19.7 Å². The molecule has 2 aromatic carbocycles. The summed E-state index contributed by atoms with van der Waals surface area (Å²) in [5.74, 6) is 0.508. The lowest BCUT2D eigenvalue weighted by Gasteiger charge is -2.18. The maximum atomic E-state index is 11.7. The minimum absolute atomic E-state index is 0.159. The number of hydrogen-bond donors (Lipinski definition) is 1. The summed E-state index contributed by atoms with van der Waals surface area (Å²) >= 11 is 0. The molecule has 2 aromatic rings. The Kier molecular flexibility index (Phi) is 5.99. The summed E-state index contributed by atoms with van der Waals surface area (Å²) in [6, 6.07) is 11.6. The first-order valence-corrected chi connectivity index (χ1v) is 8.13. The molecular formula is C20H25NO3. The molecule has 0 bridgehead atoms. The summed E-state index contributed by atoms with van der Waals surface area (Å²) in [5.41, 5.74) is 11.6. The third-order valence-corrected chi connectivity index (χ3v) is 4.09. The molecule has 2 N–H and O–H groups in total. The average Bonchev–Trinajstić information content (AvgIpc) is 2.54. The second-order valence-electron chi connectivity index (χ2n) is 5.84. The summed E-state index contributed by atoms with van der Waals surface area (Å²) in [4.78, 5) is 11.7. The molecular weight excluding hydrogens is 302 g/mol. The lowest BCUT2D eigenvalue weighted by molar-refractivity contribution is -0.143. The van der Waals surface area contributed by atoms with Crippen LogP contribution in [0.4, 0.5) is 0 Å². The molecule has 0 spiro atoms. The van der Waals surface area contributed by atoms with E-state index in [1.54, 1.807) is 14.0 Å². The molecule has 0 amide bonds. The number of esters is 1. The highest BCUT2D eigenvalue weighted by Crippen LogP contribution is 2.36. The molecule has 24 heavy (non-hydrogen) atoms. The standard InChI is InChI=1S/C20H25NO3/c1-5-24-19(22)12-17(21)15-9-10-18(23-4)16(11-15)20-13(2)7-6-8-14(20)3/h6-11,17H,5,12,21H2,1-4H3/t17-/m0/s1. The number of ether oxygens (including phenoxy) is 2. The van der Waals surface area contributed by atoms with Gasteiger partial charge in [-0.3, -0.25) is 4.79 Å². The molecule has 0 saturated carbocycles. The van der Waals surface area contributed by atoms with Crippen molar-refractivity contribution in [3.05, 3.63) is 53.1 Å². The Morgan fingerprint density at radius 2 is 1.83 bits per heavy atom. The smallest absolute Gasteiger partial charge is 0.307 e. The van der Waals surface area contributed by atoms with Crippen LogP contribution >= 0.6 is 0 Å². The Bertz CT molecular complexity index is 705. The van der Waals surface area contributed by atoms with Gasteiger partial charge in [0, 0.05) is 11.6 Å². The maximum absolute atomic E-state index is 11.7. The van der Waals surface area contributed by atoms with Crippen molar-refractivity contribution in [1.82, 2.24) is 0 Å². The van der Waals surface area contributed by atoms with Crippen LogP contribution in [0.2, 0.25) is 0 Å². The highest BCUT2D eigenvalue weighted by atomic mass is 16.5. The lowest BCUT2D eigenvalue weighted by Crippen LogP contribution is -2.17. The zero-order chi connectivity index (χ0) is 17.7. The quantitative estimate of drug-likeness (QED) is 0.817. The summed E-state index contributed by atoms with van der Waals surface area (Å²) in [6.45, 7) is 6.30. The van der Waals surface area contributed by atoms with E-state index < -0.39 is 6.04 Å². The van der Waals surface area contributed by atoms with Crippen LogP contribution < -0.4 is 10.5 Å². The van der Waals surface area contributed by atoms with E-state index in [0.717, 1.165) is 22.4 Å². The fraction of sp³-hybridized carbons (Fsp3) is 0.350. The van der Waals surface area contributed by atoms with Crippen LogP contribution in [0.15, 0.2) is 36.4 Å². The van der Waals surface area contributed by atoms with Gasteiger partial charge in [-0.05, 0) is 55.2 Å². The first-order valence-electron chi connectivity index (χ1n) is 8.13. The Balaban J connectivity index is 2.43. The van der Waals surface area contributed by atoms with Gasteiger partial charge >= 0.3 is 5.97 Å². The van der Waals surface area contributed by atoms with Crippen molar-refractivity contribution in [2.75, 3.05) is 13.7 Å². The Morgan fingerprint density at radius 1 is 1.17 bits per heavy atom. The van der Waals surface area contributed by atoms with Crippen LogP contribution in [-0.2, 0) is 9.53 Å². The number of aryl methyl sites for hydroxylation is 2. The van der Waals surface area contributed by atoms with Crippen molar-refractivity contribution >= 4 is 5.97 Å². The summed E-state index contributed by atoms with van der Waals surface area (Å²) in [7, 11) is 1.66. The Hall–Kier alpha value is -2.33. The van der Waals surface area contributed by atoms with Gasteiger partial charge in [0.05, 0.1) is 20.1 Å². The molecule has 0 aliphatic rings. The number of benzene rings is 2. The van der Waals surface area contributed by atoms with Gasteiger partial charge in [-0.1, -0.05) is 24.3 Å². The highest BCUT2D eigenvalue weighted by molar-refractivity contribution is 5.77. The van der Waals surface area contributed by atoms with Crippen LogP contribution in [0.5, 0.6) is 5.75 Å². The first kappa shape index (κ1) is 18.0. The average molecular weight is 327 g/mol. The number of nitrogens with two attached hydrogens (primary N) is 1. The zero-order valence-electron chi connectivity index (χ0n) is 14.8. The molecule has 0 aliphatic carbocycles. The minimum Gasteiger partial charge on any atom is -0.496 e. The topological polar surface area (TPSA) is 61.5 Å². The minimum atomic E-state index is -0.405. The largest absolute Gasteiger partial charge is 0.496 e. The molecule has 0 aromatic heterocycles. The van der Waals surface area contributed by atoms with Gasteiger partial charge in [0.15, 0.2) is 0 Å². The Labute approximate surface area is 143 Å². The molecule has 4 nitrogen and oxygen atoms in total. The molecule has 0 heterocycles. The third-order valence-electron chi connectivity index (χ3n) is 4.09. The van der Waals surface area contributed by atoms with E-state index in [2.05, 4.69) is 26.0 Å². The molecule has 0 saturated heterocycles. The van der Waals surface area contributed by atoms with E-state index in [9.17, 15) is 4.79 Å². The van der Waals surface area contributed by atoms with E-state index >= 15 is 0 Å². The van der Waals surface area contributed by atoms with E-state index in [0.29, 0.717) is 6.61 Å². The van der Waals surface area contributed by atoms with Gasteiger partial charge < -0.3 is 15.2 Å². The van der Waals surface area contributed by atoms with Crippen LogP contribution in [0.25, 0.3) is 11.1 Å². The number of carbonyl (C=O) groups excluding carboxylic acids is 1. The van der Waals surface area contributed by atoms with Crippen molar-refractivity contribution in [2.24, 2.45) is 5.73 Å². The zero-order valence-corrected chi connectivity index (χ0v) is 14.8. The second-order valence-corrected chi connectivity index (χ2v) is 5.84. The van der Waals surface area contributed by atoms with Gasteiger partial charge in [0.1, 0.15) is 5.75 Å². The molecule has 128 valence electrons. The number of methoxy groups -OCH3 is 1. The van der Waals surface area contributed by atoms with Crippen molar-refractivity contribution in [1.29, 1.82) is 0 Å². The SMILES string of the molecule is CCOC(=O)C[C@H](N)c1ccc(OC)c(-c2c(C)cccc2C)c1. The fourth-order valence-corrected chi connectivity index (χ4v) is 2.91. The Morgan fingerprint density at radius 3 is 2.42 bits per heavy atom. The predicted octanol–water partition coefficient (Wildman–Crippen LogP) is 3.93.